The molecule has 0 saturated heterocycles. The number of nitrogens with one attached hydrogen (secondary N) is 1. The number of hydrogen-bond acceptors (Lipinski definition) is 5. The summed E-state index contributed by atoms with van der Waals surface area (Å²) in [4.78, 5) is 16.2. The molecule has 0 unspecified atom stereocenters. The van der Waals surface area contributed by atoms with E-state index in [1.54, 1.807) is 11.3 Å². The maximum atomic E-state index is 11.8. The second-order valence-corrected chi connectivity index (χ2v) is 6.93. The molecule has 6 heteroatoms. The quantitative estimate of drug-likeness (QED) is 0.555. The molecule has 0 spiro atoms. The predicted octanol–water partition coefficient (Wildman–Crippen LogP) is 3.54. The van der Waals surface area contributed by atoms with E-state index in [1.807, 2.05) is 54.6 Å². The van der Waals surface area contributed by atoms with Crippen LogP contribution in [0.4, 0.5) is 0 Å². The Morgan fingerprint density at radius 2 is 1.81 bits per heavy atom. The summed E-state index contributed by atoms with van der Waals surface area (Å²) < 4.78 is 12.2. The topological polar surface area (TPSA) is 60.5 Å². The van der Waals surface area contributed by atoms with Crippen molar-refractivity contribution in [3.8, 4) is 0 Å². The number of benzene rings is 2. The number of ether oxygens (including phenoxy) is 2. The monoisotopic (exact) mass is 370 g/mol. The van der Waals surface area contributed by atoms with Crippen LogP contribution in [0.15, 0.2) is 54.6 Å². The third-order valence-corrected chi connectivity index (χ3v) is 4.71. The molecule has 0 saturated carbocycles. The fourth-order valence-corrected chi connectivity index (χ4v) is 3.33. The highest BCUT2D eigenvalue weighted by atomic mass is 32.1. The normalized spacial score (nSPS) is 10.9. The molecule has 0 bridgehead atoms. The first-order valence-electron chi connectivity index (χ1n) is 8.62. The lowest BCUT2D eigenvalue weighted by Crippen LogP contribution is -2.29. The summed E-state index contributed by atoms with van der Waals surface area (Å²) in [6.07, 6.45) is 0.774. The van der Waals surface area contributed by atoms with E-state index in [1.165, 1.54) is 0 Å². The van der Waals surface area contributed by atoms with Crippen LogP contribution in [-0.2, 0) is 27.5 Å². The zero-order valence-electron chi connectivity index (χ0n) is 14.5. The molecule has 0 radical (unpaired) electrons. The van der Waals surface area contributed by atoms with E-state index >= 15 is 0 Å². The van der Waals surface area contributed by atoms with E-state index in [0.29, 0.717) is 26.4 Å². The van der Waals surface area contributed by atoms with Crippen molar-refractivity contribution >= 4 is 27.5 Å². The third kappa shape index (κ3) is 5.91. The smallest absolute Gasteiger partial charge is 0.246 e. The molecule has 1 N–H and O–H groups in total. The standard InChI is InChI=1S/C20H22N2O3S/c23-19(21-11-6-12-24-13-16-7-2-1-3-8-16)14-25-15-20-22-17-9-4-5-10-18(17)26-20/h1-5,7-10H,6,11-15H2,(H,21,23). The number of thiazole rings is 1. The molecule has 1 heterocycles. The summed E-state index contributed by atoms with van der Waals surface area (Å²) in [6, 6.07) is 18.0. The molecule has 0 aliphatic heterocycles. The van der Waals surface area contributed by atoms with Crippen LogP contribution in [0.25, 0.3) is 10.2 Å². The van der Waals surface area contributed by atoms with Gasteiger partial charge in [0.15, 0.2) is 0 Å². The zero-order valence-corrected chi connectivity index (χ0v) is 15.3. The number of fused-ring (bicyclic) bond motifs is 1. The van der Waals surface area contributed by atoms with Gasteiger partial charge in [-0.3, -0.25) is 4.79 Å². The minimum Gasteiger partial charge on any atom is -0.377 e. The number of carbonyl (C=O) groups excluding carboxylic acids is 1. The van der Waals surface area contributed by atoms with Crippen LogP contribution in [0, 0.1) is 0 Å². The Balaban J connectivity index is 1.24. The molecule has 0 atom stereocenters. The molecule has 0 aliphatic rings. The number of aromatic nitrogens is 1. The summed E-state index contributed by atoms with van der Waals surface area (Å²) in [5.74, 6) is -0.117. The molecular formula is C20H22N2O3S. The first kappa shape index (κ1) is 18.5. The lowest BCUT2D eigenvalue weighted by Gasteiger charge is -2.06. The maximum Gasteiger partial charge on any atom is 0.246 e. The summed E-state index contributed by atoms with van der Waals surface area (Å²) in [5, 5.41) is 3.72. The van der Waals surface area contributed by atoms with Gasteiger partial charge >= 0.3 is 0 Å². The lowest BCUT2D eigenvalue weighted by molar-refractivity contribution is -0.126. The van der Waals surface area contributed by atoms with E-state index in [2.05, 4.69) is 10.3 Å². The van der Waals surface area contributed by atoms with Gasteiger partial charge in [0.1, 0.15) is 11.6 Å². The molecule has 0 fully saturated rings. The van der Waals surface area contributed by atoms with Crippen molar-refractivity contribution in [2.24, 2.45) is 0 Å². The minimum atomic E-state index is -0.117. The fraction of sp³-hybridized carbons (Fsp3) is 0.300. The summed E-state index contributed by atoms with van der Waals surface area (Å²) >= 11 is 1.59. The summed E-state index contributed by atoms with van der Waals surface area (Å²) in [7, 11) is 0. The van der Waals surface area contributed by atoms with Crippen LogP contribution in [0.1, 0.15) is 17.0 Å². The highest BCUT2D eigenvalue weighted by Gasteiger charge is 2.05. The summed E-state index contributed by atoms with van der Waals surface area (Å²) in [6.45, 7) is 2.19. The highest BCUT2D eigenvalue weighted by molar-refractivity contribution is 7.18. The van der Waals surface area contributed by atoms with Crippen molar-refractivity contribution in [3.05, 3.63) is 65.2 Å². The Morgan fingerprint density at radius 3 is 2.65 bits per heavy atom. The van der Waals surface area contributed by atoms with Gasteiger partial charge in [-0.1, -0.05) is 42.5 Å². The highest BCUT2D eigenvalue weighted by Crippen LogP contribution is 2.21. The van der Waals surface area contributed by atoms with Crippen molar-refractivity contribution in [2.45, 2.75) is 19.6 Å². The number of nitrogens with zero attached hydrogens (tertiary/aromatic N) is 1. The first-order chi connectivity index (χ1) is 12.8. The van der Waals surface area contributed by atoms with Crippen molar-refractivity contribution in [3.63, 3.8) is 0 Å². The van der Waals surface area contributed by atoms with Gasteiger partial charge in [0.25, 0.3) is 0 Å². The van der Waals surface area contributed by atoms with Gasteiger partial charge in [-0.05, 0) is 24.1 Å². The van der Waals surface area contributed by atoms with Gasteiger partial charge in [-0.2, -0.15) is 0 Å². The average molecular weight is 370 g/mol. The Hall–Kier alpha value is -2.28. The molecule has 3 aromatic rings. The molecule has 0 aliphatic carbocycles. The van der Waals surface area contributed by atoms with Crippen molar-refractivity contribution in [2.75, 3.05) is 19.8 Å². The molecule has 3 rings (SSSR count). The molecular weight excluding hydrogens is 348 g/mol. The third-order valence-electron chi connectivity index (χ3n) is 3.70. The number of amides is 1. The number of rotatable bonds is 10. The minimum absolute atomic E-state index is 0.0425. The Morgan fingerprint density at radius 1 is 1.00 bits per heavy atom. The lowest BCUT2D eigenvalue weighted by atomic mass is 10.2. The van der Waals surface area contributed by atoms with Crippen molar-refractivity contribution < 1.29 is 14.3 Å². The van der Waals surface area contributed by atoms with Gasteiger partial charge in [-0.15, -0.1) is 11.3 Å². The SMILES string of the molecule is O=C(COCc1nc2ccccc2s1)NCCCOCc1ccccc1. The Bertz CT molecular complexity index is 787. The largest absolute Gasteiger partial charge is 0.377 e. The number of hydrogen-bond donors (Lipinski definition) is 1. The molecule has 136 valence electrons. The van der Waals surface area contributed by atoms with Crippen LogP contribution in [-0.4, -0.2) is 30.6 Å². The second kappa shape index (κ2) is 10.0. The second-order valence-electron chi connectivity index (χ2n) is 5.81. The Kier molecular flexibility index (Phi) is 7.13. The van der Waals surface area contributed by atoms with Crippen molar-refractivity contribution in [1.82, 2.24) is 10.3 Å². The van der Waals surface area contributed by atoms with Gasteiger partial charge < -0.3 is 14.8 Å². The fourth-order valence-electron chi connectivity index (χ4n) is 2.43. The van der Waals surface area contributed by atoms with Crippen LogP contribution < -0.4 is 5.32 Å². The molecule has 1 amide bonds. The van der Waals surface area contributed by atoms with E-state index in [0.717, 1.165) is 27.2 Å². The van der Waals surface area contributed by atoms with Gasteiger partial charge in [0.05, 0.1) is 23.4 Å². The average Bonchev–Trinajstić information content (AvgIpc) is 3.08. The van der Waals surface area contributed by atoms with E-state index in [-0.39, 0.29) is 12.5 Å². The molecule has 5 nitrogen and oxygen atoms in total. The zero-order chi connectivity index (χ0) is 18.0. The first-order valence-corrected chi connectivity index (χ1v) is 9.43. The van der Waals surface area contributed by atoms with E-state index in [4.69, 9.17) is 9.47 Å². The summed E-state index contributed by atoms with van der Waals surface area (Å²) in [5.41, 5.74) is 2.12. The number of para-hydroxylation sites is 1. The van der Waals surface area contributed by atoms with E-state index < -0.39 is 0 Å². The predicted molar refractivity (Wildman–Crippen MR) is 103 cm³/mol. The molecule has 2 aromatic carbocycles. The molecule has 1 aromatic heterocycles. The van der Waals surface area contributed by atoms with Crippen molar-refractivity contribution in [1.29, 1.82) is 0 Å². The van der Waals surface area contributed by atoms with E-state index in [9.17, 15) is 4.79 Å². The van der Waals surface area contributed by atoms with Crippen LogP contribution in [0.2, 0.25) is 0 Å². The van der Waals surface area contributed by atoms with Gasteiger partial charge in [-0.25, -0.2) is 4.98 Å². The maximum absolute atomic E-state index is 11.8. The van der Waals surface area contributed by atoms with Gasteiger partial charge in [0.2, 0.25) is 5.91 Å². The number of carbonyl (C=O) groups is 1. The van der Waals surface area contributed by atoms with Gasteiger partial charge in [0, 0.05) is 13.2 Å². The Labute approximate surface area is 157 Å². The van der Waals surface area contributed by atoms with Crippen LogP contribution >= 0.6 is 11.3 Å². The van der Waals surface area contributed by atoms with Crippen LogP contribution in [0.5, 0.6) is 0 Å². The van der Waals surface area contributed by atoms with Crippen LogP contribution in [0.3, 0.4) is 0 Å². The molecule has 26 heavy (non-hydrogen) atoms.